The highest BCUT2D eigenvalue weighted by Crippen LogP contribution is 2.19. The number of nitriles is 1. The van der Waals surface area contributed by atoms with Gasteiger partial charge in [0.05, 0.1) is 11.8 Å². The molecule has 0 aliphatic heterocycles. The molecule has 0 aromatic heterocycles. The second-order valence-corrected chi connectivity index (χ2v) is 5.44. The van der Waals surface area contributed by atoms with Crippen molar-refractivity contribution in [1.29, 1.82) is 5.26 Å². The lowest BCUT2D eigenvalue weighted by molar-refractivity contribution is 0.235. The zero-order valence-corrected chi connectivity index (χ0v) is 9.03. The Morgan fingerprint density at radius 2 is 2.07 bits per heavy atom. The van der Waals surface area contributed by atoms with Crippen molar-refractivity contribution in [2.45, 2.75) is 11.9 Å². The van der Waals surface area contributed by atoms with Crippen LogP contribution in [0.3, 0.4) is 0 Å². The topological polar surface area (TPSA) is 78.2 Å². The van der Waals surface area contributed by atoms with Crippen molar-refractivity contribution in [2.75, 3.05) is 6.26 Å². The zero-order valence-electron chi connectivity index (χ0n) is 8.21. The Morgan fingerprint density at radius 1 is 1.47 bits per heavy atom. The summed E-state index contributed by atoms with van der Waals surface area (Å²) >= 11 is 0. The van der Waals surface area contributed by atoms with Gasteiger partial charge in [0, 0.05) is 6.26 Å². The van der Waals surface area contributed by atoms with Gasteiger partial charge in [-0.1, -0.05) is 24.3 Å². The number of hydrogen-bond acceptors (Lipinski definition) is 4. The summed E-state index contributed by atoms with van der Waals surface area (Å²) in [4.78, 5) is 0. The highest BCUT2D eigenvalue weighted by atomic mass is 32.2. The molecule has 0 radical (unpaired) electrons. The van der Waals surface area contributed by atoms with Crippen LogP contribution in [0, 0.1) is 11.3 Å². The summed E-state index contributed by atoms with van der Waals surface area (Å²) in [6.07, 6.45) is -0.161. The third-order valence-electron chi connectivity index (χ3n) is 1.89. The molecule has 4 nitrogen and oxygen atoms in total. The molecule has 80 valence electrons. The Labute approximate surface area is 88.7 Å². The first-order chi connectivity index (χ1) is 6.94. The number of rotatable bonds is 3. The van der Waals surface area contributed by atoms with Gasteiger partial charge in [0.1, 0.15) is 0 Å². The Balaban J connectivity index is 3.14. The SMILES string of the molecule is CS(=O)(=O)Cc1ccccc1C(O)C#N. The van der Waals surface area contributed by atoms with E-state index >= 15 is 0 Å². The smallest absolute Gasteiger partial charge is 0.166 e. The van der Waals surface area contributed by atoms with Gasteiger partial charge in [0.2, 0.25) is 0 Å². The van der Waals surface area contributed by atoms with Crippen LogP contribution in [0.1, 0.15) is 17.2 Å². The van der Waals surface area contributed by atoms with Gasteiger partial charge in [-0.25, -0.2) is 8.42 Å². The van der Waals surface area contributed by atoms with Gasteiger partial charge in [-0.3, -0.25) is 0 Å². The molecule has 0 amide bonds. The first-order valence-corrected chi connectivity index (χ1v) is 6.33. The third kappa shape index (κ3) is 3.35. The first-order valence-electron chi connectivity index (χ1n) is 4.27. The van der Waals surface area contributed by atoms with Crippen molar-refractivity contribution in [1.82, 2.24) is 0 Å². The van der Waals surface area contributed by atoms with Gasteiger partial charge in [0.15, 0.2) is 15.9 Å². The summed E-state index contributed by atoms with van der Waals surface area (Å²) in [6, 6.07) is 8.14. The van der Waals surface area contributed by atoms with Crippen LogP contribution in [-0.4, -0.2) is 19.8 Å². The van der Waals surface area contributed by atoms with Crippen molar-refractivity contribution in [2.24, 2.45) is 0 Å². The van der Waals surface area contributed by atoms with E-state index in [-0.39, 0.29) is 5.75 Å². The van der Waals surface area contributed by atoms with Gasteiger partial charge >= 0.3 is 0 Å². The maximum atomic E-state index is 11.1. The molecule has 1 atom stereocenters. The lowest BCUT2D eigenvalue weighted by atomic mass is 10.0. The fraction of sp³-hybridized carbons (Fsp3) is 0.300. The van der Waals surface area contributed by atoms with Crippen LogP contribution in [0.4, 0.5) is 0 Å². The maximum Gasteiger partial charge on any atom is 0.166 e. The molecule has 0 fully saturated rings. The van der Waals surface area contributed by atoms with Gasteiger partial charge < -0.3 is 5.11 Å². The minimum Gasteiger partial charge on any atom is -0.374 e. The van der Waals surface area contributed by atoms with E-state index in [9.17, 15) is 13.5 Å². The molecule has 1 rings (SSSR count). The molecule has 0 saturated carbocycles. The van der Waals surface area contributed by atoms with E-state index in [0.29, 0.717) is 11.1 Å². The van der Waals surface area contributed by atoms with E-state index in [1.165, 1.54) is 0 Å². The van der Waals surface area contributed by atoms with Crippen LogP contribution >= 0.6 is 0 Å². The van der Waals surface area contributed by atoms with Crippen molar-refractivity contribution >= 4 is 9.84 Å². The molecule has 0 saturated heterocycles. The predicted molar refractivity (Wildman–Crippen MR) is 55.6 cm³/mol. The predicted octanol–water partition coefficient (Wildman–Crippen LogP) is 0.788. The van der Waals surface area contributed by atoms with Crippen LogP contribution in [0.25, 0.3) is 0 Å². The molecule has 5 heteroatoms. The summed E-state index contributed by atoms with van der Waals surface area (Å²) in [5.41, 5.74) is 0.819. The van der Waals surface area contributed by atoms with E-state index in [1.807, 2.05) is 0 Å². The molecular formula is C10H11NO3S. The van der Waals surface area contributed by atoms with E-state index in [0.717, 1.165) is 6.26 Å². The molecule has 15 heavy (non-hydrogen) atoms. The highest BCUT2D eigenvalue weighted by Gasteiger charge is 2.14. The summed E-state index contributed by atoms with van der Waals surface area (Å²) in [7, 11) is -3.16. The average Bonchev–Trinajstić information content (AvgIpc) is 2.15. The van der Waals surface area contributed by atoms with Crippen LogP contribution in [-0.2, 0) is 15.6 Å². The summed E-state index contributed by atoms with van der Waals surface area (Å²) in [6.45, 7) is 0. The number of benzene rings is 1. The molecule has 0 spiro atoms. The van der Waals surface area contributed by atoms with Crippen LogP contribution in [0.2, 0.25) is 0 Å². The molecule has 0 heterocycles. The Bertz CT molecular complexity index is 488. The lowest BCUT2D eigenvalue weighted by Gasteiger charge is -2.08. The van der Waals surface area contributed by atoms with E-state index in [2.05, 4.69) is 0 Å². The number of sulfone groups is 1. The molecule has 1 aromatic carbocycles. The fourth-order valence-corrected chi connectivity index (χ4v) is 2.11. The molecule has 1 aromatic rings. The van der Waals surface area contributed by atoms with E-state index in [4.69, 9.17) is 5.26 Å². The molecule has 0 bridgehead atoms. The number of aliphatic hydroxyl groups excluding tert-OH is 1. The maximum absolute atomic E-state index is 11.1. The van der Waals surface area contributed by atoms with Gasteiger partial charge in [-0.05, 0) is 11.1 Å². The summed E-state index contributed by atoms with van der Waals surface area (Å²) in [5, 5.41) is 17.9. The average molecular weight is 225 g/mol. The van der Waals surface area contributed by atoms with Crippen molar-refractivity contribution in [3.05, 3.63) is 35.4 Å². The van der Waals surface area contributed by atoms with E-state index in [1.54, 1.807) is 30.3 Å². The summed E-state index contributed by atoms with van der Waals surface area (Å²) < 4.78 is 22.2. The molecule has 1 N–H and O–H groups in total. The Hall–Kier alpha value is -1.38. The van der Waals surface area contributed by atoms with Crippen molar-refractivity contribution in [3.8, 4) is 6.07 Å². The standard InChI is InChI=1S/C10H11NO3S/c1-15(13,14)7-8-4-2-3-5-9(8)10(12)6-11/h2-5,10,12H,7H2,1H3. The molecule has 1 unspecified atom stereocenters. The normalized spacial score (nSPS) is 13.1. The number of hydrogen-bond donors (Lipinski definition) is 1. The van der Waals surface area contributed by atoms with Crippen LogP contribution < -0.4 is 0 Å². The van der Waals surface area contributed by atoms with Crippen molar-refractivity contribution < 1.29 is 13.5 Å². The highest BCUT2D eigenvalue weighted by molar-refractivity contribution is 7.89. The van der Waals surface area contributed by atoms with Gasteiger partial charge in [0.25, 0.3) is 0 Å². The molecule has 0 aliphatic rings. The minimum absolute atomic E-state index is 0.165. The Morgan fingerprint density at radius 3 is 2.60 bits per heavy atom. The van der Waals surface area contributed by atoms with Gasteiger partial charge in [-0.2, -0.15) is 5.26 Å². The number of aliphatic hydroxyl groups is 1. The minimum atomic E-state index is -3.16. The van der Waals surface area contributed by atoms with E-state index < -0.39 is 15.9 Å². The Kier molecular flexibility index (Phi) is 3.45. The first kappa shape index (κ1) is 11.7. The second-order valence-electron chi connectivity index (χ2n) is 3.30. The van der Waals surface area contributed by atoms with Crippen molar-refractivity contribution in [3.63, 3.8) is 0 Å². The van der Waals surface area contributed by atoms with Crippen LogP contribution in [0.15, 0.2) is 24.3 Å². The lowest BCUT2D eigenvalue weighted by Crippen LogP contribution is -2.06. The zero-order chi connectivity index (χ0) is 11.5. The number of nitrogens with zero attached hydrogens (tertiary/aromatic N) is 1. The summed E-state index contributed by atoms with van der Waals surface area (Å²) in [5.74, 6) is -0.165. The monoisotopic (exact) mass is 225 g/mol. The quantitative estimate of drug-likeness (QED) is 0.771. The van der Waals surface area contributed by atoms with Gasteiger partial charge in [-0.15, -0.1) is 0 Å². The molecular weight excluding hydrogens is 214 g/mol. The second kappa shape index (κ2) is 4.43. The molecule has 0 aliphatic carbocycles. The third-order valence-corrected chi connectivity index (χ3v) is 2.73. The fourth-order valence-electron chi connectivity index (χ4n) is 1.28. The van der Waals surface area contributed by atoms with Crippen LogP contribution in [0.5, 0.6) is 0 Å². The largest absolute Gasteiger partial charge is 0.374 e.